The van der Waals surface area contributed by atoms with Crippen molar-refractivity contribution in [2.24, 2.45) is 0 Å². The molecular weight excluding hydrogens is 340 g/mol. The molecule has 0 heterocycles. The minimum atomic E-state index is 0.912. The van der Waals surface area contributed by atoms with Gasteiger partial charge in [0.15, 0.2) is 0 Å². The SMILES string of the molecule is COc1c(-c2cccc3ccccc23)cccc1-c1cccc2ccccc12. The lowest BCUT2D eigenvalue weighted by Crippen LogP contribution is -1.93. The van der Waals surface area contributed by atoms with E-state index in [1.54, 1.807) is 7.11 Å². The molecule has 0 bridgehead atoms. The van der Waals surface area contributed by atoms with Gasteiger partial charge in [-0.15, -0.1) is 0 Å². The minimum Gasteiger partial charge on any atom is -0.495 e. The Hall–Kier alpha value is -3.58. The van der Waals surface area contributed by atoms with Crippen molar-refractivity contribution >= 4 is 21.5 Å². The quantitative estimate of drug-likeness (QED) is 0.327. The van der Waals surface area contributed by atoms with Crippen molar-refractivity contribution in [3.8, 4) is 28.0 Å². The predicted octanol–water partition coefficient (Wildman–Crippen LogP) is 7.34. The fraction of sp³-hybridized carbons (Fsp3) is 0.0370. The molecule has 0 radical (unpaired) electrons. The molecule has 1 heteroatoms. The summed E-state index contributed by atoms with van der Waals surface area (Å²) in [6.07, 6.45) is 0. The van der Waals surface area contributed by atoms with E-state index >= 15 is 0 Å². The fourth-order valence-corrected chi connectivity index (χ4v) is 4.10. The summed E-state index contributed by atoms with van der Waals surface area (Å²) in [4.78, 5) is 0. The molecule has 0 unspecified atom stereocenters. The first-order chi connectivity index (χ1) is 13.9. The van der Waals surface area contributed by atoms with Crippen LogP contribution in [-0.4, -0.2) is 7.11 Å². The molecule has 0 aliphatic heterocycles. The van der Waals surface area contributed by atoms with Crippen LogP contribution in [0.3, 0.4) is 0 Å². The largest absolute Gasteiger partial charge is 0.495 e. The average molecular weight is 360 g/mol. The van der Waals surface area contributed by atoms with E-state index in [1.165, 1.54) is 32.7 Å². The number of methoxy groups -OCH3 is 1. The molecular formula is C27H20O. The number of fused-ring (bicyclic) bond motifs is 2. The average Bonchev–Trinajstić information content (AvgIpc) is 2.77. The van der Waals surface area contributed by atoms with Crippen LogP contribution in [0.2, 0.25) is 0 Å². The van der Waals surface area contributed by atoms with E-state index in [0.29, 0.717) is 0 Å². The summed E-state index contributed by atoms with van der Waals surface area (Å²) in [7, 11) is 1.76. The van der Waals surface area contributed by atoms with E-state index in [1.807, 2.05) is 0 Å². The Morgan fingerprint density at radius 2 is 0.821 bits per heavy atom. The summed E-state index contributed by atoms with van der Waals surface area (Å²) >= 11 is 0. The van der Waals surface area contributed by atoms with E-state index in [4.69, 9.17) is 4.74 Å². The molecule has 28 heavy (non-hydrogen) atoms. The maximum atomic E-state index is 5.98. The summed E-state index contributed by atoms with van der Waals surface area (Å²) in [6, 6.07) is 36.3. The van der Waals surface area contributed by atoms with Crippen LogP contribution in [0.15, 0.2) is 103 Å². The molecule has 5 rings (SSSR count). The van der Waals surface area contributed by atoms with Gasteiger partial charge >= 0.3 is 0 Å². The van der Waals surface area contributed by atoms with Crippen LogP contribution in [0.25, 0.3) is 43.8 Å². The van der Waals surface area contributed by atoms with Gasteiger partial charge in [0.2, 0.25) is 0 Å². The molecule has 0 aliphatic rings. The van der Waals surface area contributed by atoms with Crippen molar-refractivity contribution in [2.75, 3.05) is 7.11 Å². The highest BCUT2D eigenvalue weighted by atomic mass is 16.5. The Morgan fingerprint density at radius 3 is 1.32 bits per heavy atom. The lowest BCUT2D eigenvalue weighted by atomic mass is 9.92. The van der Waals surface area contributed by atoms with Crippen LogP contribution in [0, 0.1) is 0 Å². The zero-order valence-corrected chi connectivity index (χ0v) is 15.7. The van der Waals surface area contributed by atoms with Gasteiger partial charge in [-0.05, 0) is 32.7 Å². The minimum absolute atomic E-state index is 0.912. The highest BCUT2D eigenvalue weighted by Crippen LogP contribution is 2.42. The van der Waals surface area contributed by atoms with Gasteiger partial charge < -0.3 is 4.74 Å². The number of benzene rings is 5. The molecule has 0 aliphatic carbocycles. The van der Waals surface area contributed by atoms with Crippen LogP contribution in [0.5, 0.6) is 5.75 Å². The number of para-hydroxylation sites is 1. The number of rotatable bonds is 3. The molecule has 0 spiro atoms. The Labute approximate surface area is 164 Å². The van der Waals surface area contributed by atoms with Crippen molar-refractivity contribution in [3.63, 3.8) is 0 Å². The van der Waals surface area contributed by atoms with Crippen molar-refractivity contribution in [1.82, 2.24) is 0 Å². The van der Waals surface area contributed by atoms with Crippen LogP contribution < -0.4 is 4.74 Å². The fourth-order valence-electron chi connectivity index (χ4n) is 4.10. The molecule has 0 fully saturated rings. The normalized spacial score (nSPS) is 11.0. The second-order valence-electron chi connectivity index (χ2n) is 6.94. The van der Waals surface area contributed by atoms with Crippen molar-refractivity contribution in [3.05, 3.63) is 103 Å². The highest BCUT2D eigenvalue weighted by Gasteiger charge is 2.15. The Kier molecular flexibility index (Phi) is 4.06. The van der Waals surface area contributed by atoms with Crippen molar-refractivity contribution in [1.29, 1.82) is 0 Å². The van der Waals surface area contributed by atoms with E-state index in [-0.39, 0.29) is 0 Å². The standard InChI is InChI=1S/C27H20O/c1-28-27-25(23-15-6-11-19-9-2-4-13-21(19)23)17-8-18-26(27)24-16-7-12-20-10-3-5-14-22(20)24/h2-18H,1H3. The van der Waals surface area contributed by atoms with Gasteiger partial charge in [0, 0.05) is 11.1 Å². The van der Waals surface area contributed by atoms with Crippen molar-refractivity contribution < 1.29 is 4.74 Å². The lowest BCUT2D eigenvalue weighted by molar-refractivity contribution is 0.418. The molecule has 0 saturated heterocycles. The Bertz CT molecular complexity index is 1190. The third-order valence-corrected chi connectivity index (χ3v) is 5.38. The first-order valence-electron chi connectivity index (χ1n) is 9.50. The smallest absolute Gasteiger partial charge is 0.134 e. The zero-order chi connectivity index (χ0) is 18.9. The summed E-state index contributed by atoms with van der Waals surface area (Å²) in [5.74, 6) is 0.912. The van der Waals surface area contributed by atoms with Gasteiger partial charge in [-0.1, -0.05) is 103 Å². The second kappa shape index (κ2) is 6.86. The first kappa shape index (κ1) is 16.6. The van der Waals surface area contributed by atoms with Gasteiger partial charge in [-0.2, -0.15) is 0 Å². The van der Waals surface area contributed by atoms with Gasteiger partial charge in [-0.25, -0.2) is 0 Å². The summed E-state index contributed by atoms with van der Waals surface area (Å²) in [6.45, 7) is 0. The summed E-state index contributed by atoms with van der Waals surface area (Å²) in [5.41, 5.74) is 4.61. The molecule has 5 aromatic rings. The Morgan fingerprint density at radius 1 is 0.429 bits per heavy atom. The molecule has 134 valence electrons. The van der Waals surface area contributed by atoms with E-state index < -0.39 is 0 Å². The van der Waals surface area contributed by atoms with Crippen LogP contribution in [-0.2, 0) is 0 Å². The third kappa shape index (κ3) is 2.64. The number of ether oxygens (including phenoxy) is 1. The van der Waals surface area contributed by atoms with Gasteiger partial charge in [0.1, 0.15) is 5.75 Å². The second-order valence-corrected chi connectivity index (χ2v) is 6.94. The highest BCUT2D eigenvalue weighted by molar-refractivity contribution is 6.02. The Balaban J connectivity index is 1.81. The van der Waals surface area contributed by atoms with Crippen LogP contribution >= 0.6 is 0 Å². The maximum Gasteiger partial charge on any atom is 0.134 e. The third-order valence-electron chi connectivity index (χ3n) is 5.38. The first-order valence-corrected chi connectivity index (χ1v) is 9.50. The summed E-state index contributed by atoms with van der Waals surface area (Å²) in [5, 5.41) is 4.94. The molecule has 0 saturated carbocycles. The molecule has 0 amide bonds. The maximum absolute atomic E-state index is 5.98. The molecule has 5 aromatic carbocycles. The van der Waals surface area contributed by atoms with E-state index in [0.717, 1.165) is 16.9 Å². The number of hydrogen-bond acceptors (Lipinski definition) is 1. The van der Waals surface area contributed by atoms with E-state index in [2.05, 4.69) is 103 Å². The number of hydrogen-bond donors (Lipinski definition) is 0. The topological polar surface area (TPSA) is 9.23 Å². The molecule has 0 aromatic heterocycles. The molecule has 0 atom stereocenters. The van der Waals surface area contributed by atoms with Gasteiger partial charge in [0.25, 0.3) is 0 Å². The van der Waals surface area contributed by atoms with Crippen LogP contribution in [0.4, 0.5) is 0 Å². The predicted molar refractivity (Wildman–Crippen MR) is 119 cm³/mol. The van der Waals surface area contributed by atoms with E-state index in [9.17, 15) is 0 Å². The van der Waals surface area contributed by atoms with Gasteiger partial charge in [0.05, 0.1) is 7.11 Å². The van der Waals surface area contributed by atoms with Gasteiger partial charge in [-0.3, -0.25) is 0 Å². The van der Waals surface area contributed by atoms with Crippen LogP contribution in [0.1, 0.15) is 0 Å². The van der Waals surface area contributed by atoms with Crippen molar-refractivity contribution in [2.45, 2.75) is 0 Å². The summed E-state index contributed by atoms with van der Waals surface area (Å²) < 4.78 is 5.98. The lowest BCUT2D eigenvalue weighted by Gasteiger charge is -2.17. The monoisotopic (exact) mass is 360 g/mol. The molecule has 0 N–H and O–H groups in total. The molecule has 1 nitrogen and oxygen atoms in total. The zero-order valence-electron chi connectivity index (χ0n) is 15.7.